The van der Waals surface area contributed by atoms with Crippen LogP contribution in [-0.4, -0.2) is 30.4 Å². The molecule has 0 bridgehead atoms. The second-order valence-corrected chi connectivity index (χ2v) is 10.1. The number of rotatable bonds is 1. The van der Waals surface area contributed by atoms with Crippen LogP contribution in [0.2, 0.25) is 0 Å². The number of halogens is 6. The minimum absolute atomic E-state index is 0.0973. The van der Waals surface area contributed by atoms with Gasteiger partial charge in [-0.25, -0.2) is 15.0 Å². The summed E-state index contributed by atoms with van der Waals surface area (Å²) in [5.41, 5.74) is 1.05. The van der Waals surface area contributed by atoms with Crippen molar-refractivity contribution in [1.29, 1.82) is 0 Å². The lowest BCUT2D eigenvalue weighted by Crippen LogP contribution is -2.16. The van der Waals surface area contributed by atoms with E-state index < -0.39 is 7.59 Å². The molecule has 0 aliphatic rings. The van der Waals surface area contributed by atoms with Crippen molar-refractivity contribution in [3.63, 3.8) is 0 Å². The molecule has 0 saturated heterocycles. The third-order valence-corrected chi connectivity index (χ3v) is 4.56. The molecule has 3 aromatic heterocycles. The van der Waals surface area contributed by atoms with Gasteiger partial charge in [-0.2, -0.15) is 0 Å². The van der Waals surface area contributed by atoms with Crippen LogP contribution in [0.1, 0.15) is 17.2 Å². The maximum Gasteiger partial charge on any atom is 0.250 e. The number of aryl methyl sites for hydroxylation is 1. The Morgan fingerprint density at radius 2 is 1.38 bits per heavy atom. The highest BCUT2D eigenvalue weighted by Gasteiger charge is 2.34. The molecule has 26 heavy (non-hydrogen) atoms. The molecule has 0 radical (unpaired) electrons. The van der Waals surface area contributed by atoms with Gasteiger partial charge in [0, 0.05) is 0 Å². The molecule has 0 aliphatic carbocycles. The van der Waals surface area contributed by atoms with Crippen molar-refractivity contribution in [2.75, 3.05) is 0 Å². The van der Waals surface area contributed by atoms with Crippen LogP contribution in [0.4, 0.5) is 0 Å². The largest absolute Gasteiger partial charge is 0.250 e. The number of aromatic nitrogens is 6. The first-order valence-electron chi connectivity index (χ1n) is 6.61. The van der Waals surface area contributed by atoms with E-state index in [2.05, 4.69) is 30.4 Å². The highest BCUT2D eigenvalue weighted by atomic mass is 35.6. The monoisotopic (exact) mass is 490 g/mol. The fourth-order valence-corrected chi connectivity index (χ4v) is 2.83. The van der Waals surface area contributed by atoms with Crippen molar-refractivity contribution in [3.05, 3.63) is 47.1 Å². The summed E-state index contributed by atoms with van der Waals surface area (Å²) >= 11 is 36.2. The van der Waals surface area contributed by atoms with Crippen molar-refractivity contribution in [2.24, 2.45) is 0 Å². The Morgan fingerprint density at radius 1 is 0.846 bits per heavy atom. The molecule has 0 amide bonds. The summed E-state index contributed by atoms with van der Waals surface area (Å²) in [6.07, 6.45) is 3.15. The Balaban J connectivity index is 0.000000342. The second kappa shape index (κ2) is 9.10. The van der Waals surface area contributed by atoms with Gasteiger partial charge < -0.3 is 0 Å². The van der Waals surface area contributed by atoms with E-state index >= 15 is 0 Å². The Morgan fingerprint density at radius 3 is 1.69 bits per heavy atom. The van der Waals surface area contributed by atoms with Crippen molar-refractivity contribution in [1.82, 2.24) is 30.4 Å². The van der Waals surface area contributed by atoms with Gasteiger partial charge in [-0.15, -0.1) is 21.5 Å². The second-order valence-electron chi connectivity index (χ2n) is 4.60. The lowest BCUT2D eigenvalue weighted by atomic mass is 10.3. The van der Waals surface area contributed by atoms with Crippen LogP contribution < -0.4 is 0 Å². The zero-order valence-corrected chi connectivity index (χ0v) is 18.1. The number of thiophene rings is 1. The summed E-state index contributed by atoms with van der Waals surface area (Å²) in [6, 6.07) is 3.59. The van der Waals surface area contributed by atoms with Gasteiger partial charge in [-0.05, 0) is 35.2 Å². The van der Waals surface area contributed by atoms with E-state index in [9.17, 15) is 0 Å². The maximum atomic E-state index is 5.80. The summed E-state index contributed by atoms with van der Waals surface area (Å²) < 4.78 is -3.68. The summed E-state index contributed by atoms with van der Waals surface area (Å²) in [5.74, 6) is 0.0977. The molecule has 6 nitrogen and oxygen atoms in total. The molecule has 3 heterocycles. The lowest BCUT2D eigenvalue weighted by Gasteiger charge is -2.15. The van der Waals surface area contributed by atoms with Gasteiger partial charge in [-0.1, -0.05) is 69.6 Å². The van der Waals surface area contributed by atoms with Gasteiger partial charge in [0.2, 0.25) is 7.59 Å². The van der Waals surface area contributed by atoms with Crippen LogP contribution in [0.5, 0.6) is 0 Å². The Hall–Kier alpha value is -0.540. The first kappa shape index (κ1) is 21.8. The molecule has 13 heteroatoms. The summed E-state index contributed by atoms with van der Waals surface area (Å²) in [7, 11) is 0. The van der Waals surface area contributed by atoms with E-state index in [0.717, 1.165) is 10.4 Å². The smallest absolute Gasteiger partial charge is 0.209 e. The quantitative estimate of drug-likeness (QED) is 0.421. The highest BCUT2D eigenvalue weighted by Crippen LogP contribution is 2.41. The minimum Gasteiger partial charge on any atom is -0.209 e. The fraction of sp³-hybridized carbons (Fsp3) is 0.231. The van der Waals surface area contributed by atoms with Crippen LogP contribution in [0.15, 0.2) is 29.9 Å². The van der Waals surface area contributed by atoms with Crippen molar-refractivity contribution in [3.8, 4) is 10.7 Å². The lowest BCUT2D eigenvalue weighted by molar-refractivity contribution is 0.853. The number of hydrogen-bond donors (Lipinski definition) is 0. The first-order valence-corrected chi connectivity index (χ1v) is 9.76. The van der Waals surface area contributed by atoms with Gasteiger partial charge in [0.1, 0.15) is 0 Å². The molecule has 0 spiro atoms. The third-order valence-electron chi connectivity index (χ3n) is 2.50. The summed E-state index contributed by atoms with van der Waals surface area (Å²) in [4.78, 5) is 12.9. The van der Waals surface area contributed by atoms with E-state index in [1.807, 2.05) is 18.4 Å². The molecule has 3 aromatic rings. The van der Waals surface area contributed by atoms with Crippen LogP contribution in [0.3, 0.4) is 0 Å². The van der Waals surface area contributed by atoms with Gasteiger partial charge >= 0.3 is 0 Å². The number of nitrogens with zero attached hydrogens (tertiary/aromatic N) is 6. The molecular weight excluding hydrogens is 485 g/mol. The molecule has 0 aliphatic heterocycles. The minimum atomic E-state index is -1.84. The van der Waals surface area contributed by atoms with Crippen molar-refractivity contribution >= 4 is 80.9 Å². The zero-order chi connectivity index (χ0) is 19.4. The summed E-state index contributed by atoms with van der Waals surface area (Å²) in [5, 5.41) is 12.1. The van der Waals surface area contributed by atoms with Gasteiger partial charge in [-0.3, -0.25) is 0 Å². The highest BCUT2D eigenvalue weighted by molar-refractivity contribution is 7.13. The predicted octanol–water partition coefficient (Wildman–Crippen LogP) is 5.43. The Bertz CT molecular complexity index is 789. The number of alkyl halides is 6. The average Bonchev–Trinajstić information content (AvgIpc) is 3.02. The van der Waals surface area contributed by atoms with Crippen LogP contribution in [-0.2, 0) is 7.59 Å². The molecular formula is C13H8Cl6N6S. The predicted molar refractivity (Wildman–Crippen MR) is 106 cm³/mol. The molecule has 0 fully saturated rings. The van der Waals surface area contributed by atoms with E-state index in [4.69, 9.17) is 69.6 Å². The molecule has 0 saturated carbocycles. The van der Waals surface area contributed by atoms with E-state index in [1.165, 1.54) is 11.3 Å². The third kappa shape index (κ3) is 6.56. The topological polar surface area (TPSA) is 77.3 Å². The number of hydrogen-bond acceptors (Lipinski definition) is 7. The van der Waals surface area contributed by atoms with Gasteiger partial charge in [0.05, 0.1) is 17.3 Å². The average molecular weight is 493 g/mol. The van der Waals surface area contributed by atoms with Crippen LogP contribution >= 0.6 is 80.9 Å². The molecule has 0 aromatic carbocycles. The molecule has 0 N–H and O–H groups in total. The fourth-order valence-electron chi connectivity index (χ4n) is 1.49. The van der Waals surface area contributed by atoms with E-state index in [0.29, 0.717) is 5.82 Å². The zero-order valence-electron chi connectivity index (χ0n) is 12.7. The van der Waals surface area contributed by atoms with E-state index in [-0.39, 0.29) is 11.6 Å². The van der Waals surface area contributed by atoms with E-state index in [1.54, 1.807) is 18.5 Å². The van der Waals surface area contributed by atoms with Gasteiger partial charge in [0.25, 0.3) is 0 Å². The van der Waals surface area contributed by atoms with Crippen molar-refractivity contribution in [2.45, 2.75) is 14.5 Å². The van der Waals surface area contributed by atoms with Gasteiger partial charge in [0.15, 0.2) is 17.5 Å². The maximum absolute atomic E-state index is 5.80. The molecule has 3 rings (SSSR count). The Labute approximate surface area is 182 Å². The van der Waals surface area contributed by atoms with Crippen LogP contribution in [0, 0.1) is 6.92 Å². The summed E-state index contributed by atoms with van der Waals surface area (Å²) in [6.45, 7) is 1.94. The Kier molecular flexibility index (Phi) is 7.62. The molecule has 0 atom stereocenters. The van der Waals surface area contributed by atoms with Crippen LogP contribution in [0.25, 0.3) is 10.7 Å². The molecule has 138 valence electrons. The SMILES string of the molecule is Cc1csc(-c2nc(C(Cl)(Cl)Cl)nc(C(Cl)(Cl)Cl)n2)c1.c1cnnnc1. The standard InChI is InChI=1S/C10H5Cl6N3S.C3H3N3/c1-4-2-5(20-3-4)6-17-7(9(11,12)13)19-8(18-6)10(14,15)16;1-2-4-6-5-3-1/h2-3H,1H3;1-3H. The normalized spacial score (nSPS) is 11.7. The first-order chi connectivity index (χ1) is 12.1. The van der Waals surface area contributed by atoms with Crippen molar-refractivity contribution < 1.29 is 0 Å². The molecule has 0 unspecified atom stereocenters.